The monoisotopic (exact) mass is 433 g/mol. The number of carboxylic acid groups (broad SMARTS) is 4. The molecule has 0 radical (unpaired) electrons. The normalized spacial score (nSPS) is 11.0. The Bertz CT molecular complexity index is 1360. The molecule has 0 aliphatic carbocycles. The van der Waals surface area contributed by atoms with E-state index in [2.05, 4.69) is 0 Å². The van der Waals surface area contributed by atoms with Gasteiger partial charge in [0.2, 0.25) is 0 Å². The van der Waals surface area contributed by atoms with Gasteiger partial charge in [0.25, 0.3) is 0 Å². The SMILES string of the molecule is O=C(O)c1cc(Cn2c3ccc(C(=O)O)cc3c3cc(C(=O)O)ccc32)cc(C(=O)O)c1. The van der Waals surface area contributed by atoms with E-state index in [1.54, 1.807) is 16.7 Å². The summed E-state index contributed by atoms with van der Waals surface area (Å²) in [5.74, 6) is -4.81. The Morgan fingerprint density at radius 3 is 1.34 bits per heavy atom. The molecule has 0 spiro atoms. The van der Waals surface area contributed by atoms with Crippen LogP contribution in [0.5, 0.6) is 0 Å². The van der Waals surface area contributed by atoms with Crippen LogP contribution in [0.3, 0.4) is 0 Å². The smallest absolute Gasteiger partial charge is 0.335 e. The van der Waals surface area contributed by atoms with E-state index in [9.17, 15) is 39.6 Å². The van der Waals surface area contributed by atoms with Gasteiger partial charge in [-0.2, -0.15) is 0 Å². The maximum Gasteiger partial charge on any atom is 0.335 e. The Morgan fingerprint density at radius 2 is 0.969 bits per heavy atom. The predicted molar refractivity (Wildman–Crippen MR) is 113 cm³/mol. The van der Waals surface area contributed by atoms with Gasteiger partial charge in [-0.25, -0.2) is 19.2 Å². The van der Waals surface area contributed by atoms with Crippen LogP contribution in [0, 0.1) is 0 Å². The third-order valence-corrected chi connectivity index (χ3v) is 5.19. The minimum absolute atomic E-state index is 0.0262. The fourth-order valence-electron chi connectivity index (χ4n) is 3.75. The number of benzene rings is 3. The Balaban J connectivity index is 1.98. The number of aromatic carboxylic acids is 4. The molecule has 1 aromatic heterocycles. The van der Waals surface area contributed by atoms with Gasteiger partial charge >= 0.3 is 23.9 Å². The van der Waals surface area contributed by atoms with Crippen molar-refractivity contribution in [1.82, 2.24) is 4.57 Å². The van der Waals surface area contributed by atoms with Crippen LogP contribution in [0.2, 0.25) is 0 Å². The largest absolute Gasteiger partial charge is 0.478 e. The lowest BCUT2D eigenvalue weighted by Gasteiger charge is -2.10. The molecule has 1 heterocycles. The van der Waals surface area contributed by atoms with Crippen molar-refractivity contribution in [3.63, 3.8) is 0 Å². The zero-order chi connectivity index (χ0) is 23.2. The van der Waals surface area contributed by atoms with E-state index in [0.717, 1.165) is 6.07 Å². The summed E-state index contributed by atoms with van der Waals surface area (Å²) in [6.07, 6.45) is 0. The molecule has 9 nitrogen and oxygen atoms in total. The van der Waals surface area contributed by atoms with E-state index in [-0.39, 0.29) is 28.8 Å². The quantitative estimate of drug-likeness (QED) is 0.359. The summed E-state index contributed by atoms with van der Waals surface area (Å²) >= 11 is 0. The van der Waals surface area contributed by atoms with Gasteiger partial charge in [0.1, 0.15) is 0 Å². The van der Waals surface area contributed by atoms with Crippen molar-refractivity contribution in [2.45, 2.75) is 6.54 Å². The molecule has 0 fully saturated rings. The van der Waals surface area contributed by atoms with Crippen LogP contribution < -0.4 is 0 Å². The Kier molecular flexibility index (Phi) is 4.86. The number of nitrogens with zero attached hydrogens (tertiary/aromatic N) is 1. The van der Waals surface area contributed by atoms with Crippen LogP contribution in [0.1, 0.15) is 47.0 Å². The highest BCUT2D eigenvalue weighted by atomic mass is 16.4. The first kappa shape index (κ1) is 20.6. The second-order valence-corrected chi connectivity index (χ2v) is 7.19. The molecule has 0 amide bonds. The molecule has 0 saturated carbocycles. The van der Waals surface area contributed by atoms with E-state index in [1.165, 1.54) is 36.4 Å². The van der Waals surface area contributed by atoms with Gasteiger partial charge in [0, 0.05) is 28.4 Å². The standard InChI is InChI=1S/C23H15NO8/c25-20(26)12-1-3-18-16(8-12)17-9-13(21(27)28)2-4-19(17)24(18)10-11-5-14(22(29)30)7-15(6-11)23(31)32/h1-9H,10H2,(H,25,26)(H,27,28)(H,29,30)(H,31,32). The fraction of sp³-hybridized carbons (Fsp3) is 0.0435. The van der Waals surface area contributed by atoms with Gasteiger partial charge in [0.05, 0.1) is 22.3 Å². The molecule has 0 unspecified atom stereocenters. The zero-order valence-corrected chi connectivity index (χ0v) is 16.3. The molecule has 4 N–H and O–H groups in total. The maximum absolute atomic E-state index is 11.4. The summed E-state index contributed by atoms with van der Waals surface area (Å²) in [4.78, 5) is 45.8. The van der Waals surface area contributed by atoms with E-state index in [1.807, 2.05) is 0 Å². The van der Waals surface area contributed by atoms with Gasteiger partial charge in [-0.3, -0.25) is 0 Å². The predicted octanol–water partition coefficient (Wildman–Crippen LogP) is 3.64. The van der Waals surface area contributed by atoms with Crippen LogP contribution in [0.25, 0.3) is 21.8 Å². The molecular weight excluding hydrogens is 418 g/mol. The van der Waals surface area contributed by atoms with Crippen molar-refractivity contribution in [3.05, 3.63) is 82.4 Å². The highest BCUT2D eigenvalue weighted by Crippen LogP contribution is 2.32. The molecule has 3 aromatic carbocycles. The number of carboxylic acids is 4. The summed E-state index contributed by atoms with van der Waals surface area (Å²) in [5, 5.41) is 38.4. The third kappa shape index (κ3) is 3.52. The second kappa shape index (κ2) is 7.55. The van der Waals surface area contributed by atoms with Crippen molar-refractivity contribution in [2.24, 2.45) is 0 Å². The molecular formula is C23H15NO8. The lowest BCUT2D eigenvalue weighted by atomic mass is 10.1. The van der Waals surface area contributed by atoms with Crippen LogP contribution in [-0.2, 0) is 6.54 Å². The topological polar surface area (TPSA) is 154 Å². The lowest BCUT2D eigenvalue weighted by Crippen LogP contribution is -2.07. The summed E-state index contributed by atoms with van der Waals surface area (Å²) < 4.78 is 1.76. The van der Waals surface area contributed by atoms with Gasteiger partial charge < -0.3 is 25.0 Å². The Labute approximate surface area is 179 Å². The summed E-state index contributed by atoms with van der Waals surface area (Å²) in [7, 11) is 0. The Hall–Kier alpha value is -4.66. The third-order valence-electron chi connectivity index (χ3n) is 5.19. The molecule has 0 aliphatic heterocycles. The highest BCUT2D eigenvalue weighted by molar-refractivity contribution is 6.11. The van der Waals surface area contributed by atoms with Crippen LogP contribution in [0.15, 0.2) is 54.6 Å². The van der Waals surface area contributed by atoms with Crippen LogP contribution in [0.4, 0.5) is 0 Å². The average molecular weight is 433 g/mol. The van der Waals surface area contributed by atoms with Gasteiger partial charge in [-0.15, -0.1) is 0 Å². The minimum Gasteiger partial charge on any atom is -0.478 e. The molecule has 0 aliphatic rings. The molecule has 160 valence electrons. The van der Waals surface area contributed by atoms with Crippen molar-refractivity contribution >= 4 is 45.7 Å². The van der Waals surface area contributed by atoms with Gasteiger partial charge in [-0.05, 0) is 60.2 Å². The first-order chi connectivity index (χ1) is 15.2. The molecule has 9 heteroatoms. The molecule has 0 bridgehead atoms. The second-order valence-electron chi connectivity index (χ2n) is 7.19. The fourth-order valence-corrected chi connectivity index (χ4v) is 3.75. The van der Waals surface area contributed by atoms with Crippen LogP contribution >= 0.6 is 0 Å². The number of carbonyl (C=O) groups is 4. The first-order valence-electron chi connectivity index (χ1n) is 9.29. The number of hydrogen-bond donors (Lipinski definition) is 4. The average Bonchev–Trinajstić information content (AvgIpc) is 3.05. The summed E-state index contributed by atoms with van der Waals surface area (Å²) in [6.45, 7) is 0.0836. The summed E-state index contributed by atoms with van der Waals surface area (Å²) in [6, 6.07) is 12.7. The van der Waals surface area contributed by atoms with Gasteiger partial charge in [0.15, 0.2) is 0 Å². The number of fused-ring (bicyclic) bond motifs is 3. The summed E-state index contributed by atoms with van der Waals surface area (Å²) in [5.41, 5.74) is 1.28. The van der Waals surface area contributed by atoms with Gasteiger partial charge in [-0.1, -0.05) is 0 Å². The molecule has 0 saturated heterocycles. The van der Waals surface area contributed by atoms with E-state index < -0.39 is 23.9 Å². The highest BCUT2D eigenvalue weighted by Gasteiger charge is 2.17. The Morgan fingerprint density at radius 1 is 0.562 bits per heavy atom. The zero-order valence-electron chi connectivity index (χ0n) is 16.3. The van der Waals surface area contributed by atoms with E-state index >= 15 is 0 Å². The van der Waals surface area contributed by atoms with Crippen molar-refractivity contribution in [2.75, 3.05) is 0 Å². The lowest BCUT2D eigenvalue weighted by molar-refractivity contribution is 0.0680. The van der Waals surface area contributed by atoms with Crippen LogP contribution in [-0.4, -0.2) is 48.9 Å². The molecule has 32 heavy (non-hydrogen) atoms. The molecule has 4 aromatic rings. The van der Waals surface area contributed by atoms with E-state index in [0.29, 0.717) is 27.4 Å². The number of hydrogen-bond acceptors (Lipinski definition) is 4. The number of rotatable bonds is 6. The number of aromatic nitrogens is 1. The minimum atomic E-state index is -1.27. The molecule has 0 atom stereocenters. The van der Waals surface area contributed by atoms with Crippen molar-refractivity contribution in [3.8, 4) is 0 Å². The van der Waals surface area contributed by atoms with E-state index in [4.69, 9.17) is 0 Å². The molecule has 4 rings (SSSR count). The first-order valence-corrected chi connectivity index (χ1v) is 9.29. The van der Waals surface area contributed by atoms with Crippen molar-refractivity contribution in [1.29, 1.82) is 0 Å². The van der Waals surface area contributed by atoms with Crippen molar-refractivity contribution < 1.29 is 39.6 Å². The maximum atomic E-state index is 11.4.